The van der Waals surface area contributed by atoms with Crippen LogP contribution in [-0.2, 0) is 14.2 Å². The van der Waals surface area contributed by atoms with Gasteiger partial charge in [-0.2, -0.15) is 4.98 Å². The lowest BCUT2D eigenvalue weighted by Crippen LogP contribution is -2.32. The van der Waals surface area contributed by atoms with Crippen LogP contribution >= 0.6 is 0 Å². The Morgan fingerprint density at radius 2 is 1.62 bits per heavy atom. The first kappa shape index (κ1) is 21.3. The van der Waals surface area contributed by atoms with Crippen molar-refractivity contribution in [2.45, 2.75) is 24.9 Å². The minimum atomic E-state index is -0.773. The van der Waals surface area contributed by atoms with E-state index in [-0.39, 0.29) is 18.8 Å². The predicted molar refractivity (Wildman–Crippen MR) is 114 cm³/mol. The fraction of sp³-hybridized carbons (Fsp3) is 0.217. The van der Waals surface area contributed by atoms with Gasteiger partial charge in [-0.1, -0.05) is 36.4 Å². The Labute approximate surface area is 183 Å². The van der Waals surface area contributed by atoms with Crippen molar-refractivity contribution < 1.29 is 23.8 Å². The zero-order valence-electron chi connectivity index (χ0n) is 17.0. The molecule has 1 aliphatic rings. The van der Waals surface area contributed by atoms with Gasteiger partial charge in [0.25, 0.3) is 0 Å². The number of aromatic nitrogens is 2. The van der Waals surface area contributed by atoms with E-state index in [9.17, 15) is 14.4 Å². The summed E-state index contributed by atoms with van der Waals surface area (Å²) in [5.74, 6) is -0.983. The Hall–Kier alpha value is -3.98. The van der Waals surface area contributed by atoms with Gasteiger partial charge in [-0.15, -0.1) is 0 Å². The molecule has 0 amide bonds. The molecule has 2 heterocycles. The lowest BCUT2D eigenvalue weighted by Gasteiger charge is -2.19. The molecule has 0 unspecified atom stereocenters. The molecule has 32 heavy (non-hydrogen) atoms. The number of benzene rings is 2. The van der Waals surface area contributed by atoms with Gasteiger partial charge in [0.2, 0.25) is 0 Å². The van der Waals surface area contributed by atoms with Crippen LogP contribution in [0, 0.1) is 0 Å². The number of carbonyl (C=O) groups is 2. The van der Waals surface area contributed by atoms with Crippen LogP contribution in [-0.4, -0.2) is 40.3 Å². The highest BCUT2D eigenvalue weighted by Crippen LogP contribution is 2.31. The third-order valence-corrected chi connectivity index (χ3v) is 5.00. The molecule has 1 saturated heterocycles. The fourth-order valence-electron chi connectivity index (χ4n) is 3.39. The summed E-state index contributed by atoms with van der Waals surface area (Å²) in [5, 5.41) is 0. The molecule has 2 aromatic carbocycles. The highest BCUT2D eigenvalue weighted by Gasteiger charge is 2.40. The van der Waals surface area contributed by atoms with Gasteiger partial charge in [0.1, 0.15) is 30.9 Å². The summed E-state index contributed by atoms with van der Waals surface area (Å²) in [6.07, 6.45) is -0.642. The van der Waals surface area contributed by atoms with Crippen molar-refractivity contribution in [3.05, 3.63) is 94.5 Å². The van der Waals surface area contributed by atoms with Gasteiger partial charge in [-0.3, -0.25) is 4.57 Å². The molecule has 0 radical (unpaired) electrons. The highest BCUT2D eigenvalue weighted by atomic mass is 16.6. The number of hydrogen-bond donors (Lipinski definition) is 1. The standard InChI is InChI=1S/C23H21N3O6/c24-19-11-12-26(23(29)25-19)20-13-17(32-22(28)16-9-5-2-6-10-16)18(31-20)14-30-21(27)15-7-3-1-4-8-15/h1-12,17-18,20H,13-14H2,(H2,24,25,29)/t17-,18+,20+/m0/s1. The maximum absolute atomic E-state index is 12.6. The lowest BCUT2D eigenvalue weighted by molar-refractivity contribution is -0.0582. The van der Waals surface area contributed by atoms with Crippen molar-refractivity contribution in [3.8, 4) is 0 Å². The number of nitrogens with zero attached hydrogens (tertiary/aromatic N) is 2. The van der Waals surface area contributed by atoms with E-state index in [1.165, 1.54) is 16.8 Å². The van der Waals surface area contributed by atoms with Gasteiger partial charge < -0.3 is 19.9 Å². The second kappa shape index (κ2) is 9.44. The topological polar surface area (TPSA) is 123 Å². The van der Waals surface area contributed by atoms with Crippen LogP contribution in [0.5, 0.6) is 0 Å². The summed E-state index contributed by atoms with van der Waals surface area (Å²) in [5.41, 5.74) is 5.73. The molecule has 0 bridgehead atoms. The number of hydrogen-bond acceptors (Lipinski definition) is 8. The molecule has 4 rings (SSSR count). The normalized spacial score (nSPS) is 19.9. The zero-order chi connectivity index (χ0) is 22.5. The van der Waals surface area contributed by atoms with Crippen molar-refractivity contribution >= 4 is 17.8 Å². The molecule has 1 fully saturated rings. The summed E-state index contributed by atoms with van der Waals surface area (Å²) < 4.78 is 18.2. The molecule has 164 valence electrons. The number of rotatable bonds is 6. The van der Waals surface area contributed by atoms with Crippen LogP contribution in [0.2, 0.25) is 0 Å². The fourth-order valence-corrected chi connectivity index (χ4v) is 3.39. The third kappa shape index (κ3) is 4.84. The Balaban J connectivity index is 1.50. The van der Waals surface area contributed by atoms with Crippen LogP contribution in [0.3, 0.4) is 0 Å². The quantitative estimate of drug-likeness (QED) is 0.585. The molecule has 1 aliphatic heterocycles. The second-order valence-electron chi connectivity index (χ2n) is 7.18. The van der Waals surface area contributed by atoms with E-state index in [0.29, 0.717) is 11.1 Å². The Bertz CT molecular complexity index is 1150. The summed E-state index contributed by atoms with van der Waals surface area (Å²) in [7, 11) is 0. The number of nitrogens with two attached hydrogens (primary N) is 1. The van der Waals surface area contributed by atoms with Crippen LogP contribution < -0.4 is 11.4 Å². The molecular weight excluding hydrogens is 414 g/mol. The second-order valence-corrected chi connectivity index (χ2v) is 7.18. The SMILES string of the molecule is Nc1ccn([C@H]2C[C@H](OC(=O)c3ccccc3)[C@@H](COC(=O)c3ccccc3)O2)c(=O)n1. The lowest BCUT2D eigenvalue weighted by atomic mass is 10.1. The predicted octanol–water partition coefficient (Wildman–Crippen LogP) is 2.20. The molecule has 3 aromatic rings. The van der Waals surface area contributed by atoms with Crippen molar-refractivity contribution in [2.75, 3.05) is 12.3 Å². The molecule has 9 nitrogen and oxygen atoms in total. The number of nitrogen functional groups attached to an aromatic ring is 1. The van der Waals surface area contributed by atoms with E-state index < -0.39 is 36.1 Å². The van der Waals surface area contributed by atoms with Crippen LogP contribution in [0.1, 0.15) is 33.4 Å². The van der Waals surface area contributed by atoms with E-state index >= 15 is 0 Å². The first-order valence-electron chi connectivity index (χ1n) is 9.99. The Kier molecular flexibility index (Phi) is 6.27. The minimum Gasteiger partial charge on any atom is -0.459 e. The summed E-state index contributed by atoms with van der Waals surface area (Å²) in [4.78, 5) is 40.8. The molecule has 0 spiro atoms. The van der Waals surface area contributed by atoms with Gasteiger partial charge >= 0.3 is 17.6 Å². The first-order chi connectivity index (χ1) is 15.5. The van der Waals surface area contributed by atoms with Gasteiger partial charge in [0.15, 0.2) is 0 Å². The van der Waals surface area contributed by atoms with Crippen LogP contribution in [0.15, 0.2) is 77.7 Å². The molecule has 1 aromatic heterocycles. The molecule has 3 atom stereocenters. The van der Waals surface area contributed by atoms with Gasteiger partial charge in [0, 0.05) is 12.6 Å². The van der Waals surface area contributed by atoms with E-state index in [2.05, 4.69) is 4.98 Å². The van der Waals surface area contributed by atoms with Crippen molar-refractivity contribution in [3.63, 3.8) is 0 Å². The van der Waals surface area contributed by atoms with Gasteiger partial charge in [0.05, 0.1) is 11.1 Å². The molecule has 9 heteroatoms. The number of carbonyl (C=O) groups excluding carboxylic acids is 2. The number of esters is 2. The maximum Gasteiger partial charge on any atom is 0.351 e. The Morgan fingerprint density at radius 3 is 2.25 bits per heavy atom. The molecular formula is C23H21N3O6. The van der Waals surface area contributed by atoms with E-state index in [4.69, 9.17) is 19.9 Å². The summed E-state index contributed by atoms with van der Waals surface area (Å²) in [6.45, 7) is -0.159. The maximum atomic E-state index is 12.6. The third-order valence-electron chi connectivity index (χ3n) is 5.00. The Morgan fingerprint density at radius 1 is 1.00 bits per heavy atom. The van der Waals surface area contributed by atoms with E-state index in [1.807, 2.05) is 0 Å². The number of ether oxygens (including phenoxy) is 3. The monoisotopic (exact) mass is 435 g/mol. The average molecular weight is 435 g/mol. The van der Waals surface area contributed by atoms with Crippen molar-refractivity contribution in [1.82, 2.24) is 9.55 Å². The molecule has 0 aliphatic carbocycles. The van der Waals surface area contributed by atoms with E-state index in [0.717, 1.165) is 0 Å². The van der Waals surface area contributed by atoms with Crippen LogP contribution in [0.4, 0.5) is 5.82 Å². The minimum absolute atomic E-state index is 0.0876. The van der Waals surface area contributed by atoms with Crippen LogP contribution in [0.25, 0.3) is 0 Å². The van der Waals surface area contributed by atoms with Crippen molar-refractivity contribution in [1.29, 1.82) is 0 Å². The highest BCUT2D eigenvalue weighted by molar-refractivity contribution is 5.90. The molecule has 0 saturated carbocycles. The largest absolute Gasteiger partial charge is 0.459 e. The smallest absolute Gasteiger partial charge is 0.351 e. The van der Waals surface area contributed by atoms with E-state index in [1.54, 1.807) is 60.7 Å². The molecule has 2 N–H and O–H groups in total. The van der Waals surface area contributed by atoms with Gasteiger partial charge in [-0.25, -0.2) is 14.4 Å². The average Bonchev–Trinajstić information content (AvgIpc) is 3.20. The van der Waals surface area contributed by atoms with Crippen molar-refractivity contribution in [2.24, 2.45) is 0 Å². The first-order valence-corrected chi connectivity index (χ1v) is 9.99. The van der Waals surface area contributed by atoms with Gasteiger partial charge in [-0.05, 0) is 30.3 Å². The zero-order valence-corrected chi connectivity index (χ0v) is 17.0. The summed E-state index contributed by atoms with van der Waals surface area (Å²) in [6, 6.07) is 18.5. The number of anilines is 1. The summed E-state index contributed by atoms with van der Waals surface area (Å²) >= 11 is 0.